The molecular formula is C15H15N3O2. The van der Waals surface area contributed by atoms with E-state index in [0.29, 0.717) is 17.8 Å². The lowest BCUT2D eigenvalue weighted by atomic mass is 10.2. The lowest BCUT2D eigenvalue weighted by Gasteiger charge is -2.05. The zero-order valence-electron chi connectivity index (χ0n) is 11.1. The van der Waals surface area contributed by atoms with E-state index in [-0.39, 0.29) is 12.5 Å². The van der Waals surface area contributed by atoms with Crippen molar-refractivity contribution < 1.29 is 9.90 Å². The van der Waals surface area contributed by atoms with Crippen molar-refractivity contribution in [3.05, 3.63) is 47.8 Å². The average molecular weight is 269 g/mol. The first-order valence-electron chi connectivity index (χ1n) is 6.20. The number of hydrogen-bond acceptors (Lipinski definition) is 3. The van der Waals surface area contributed by atoms with E-state index in [4.69, 9.17) is 5.11 Å². The number of aliphatic hydroxyl groups excluding tert-OH is 1. The van der Waals surface area contributed by atoms with E-state index in [2.05, 4.69) is 22.3 Å². The Morgan fingerprint density at radius 2 is 2.30 bits per heavy atom. The fourth-order valence-electron chi connectivity index (χ4n) is 1.69. The molecule has 1 aromatic carbocycles. The van der Waals surface area contributed by atoms with Gasteiger partial charge >= 0.3 is 0 Å². The number of aryl methyl sites for hydroxylation is 1. The summed E-state index contributed by atoms with van der Waals surface area (Å²) >= 11 is 0. The fraction of sp³-hybridized carbons (Fsp3) is 0.200. The molecule has 0 aliphatic heterocycles. The van der Waals surface area contributed by atoms with E-state index in [1.807, 2.05) is 12.1 Å². The zero-order chi connectivity index (χ0) is 14.4. The van der Waals surface area contributed by atoms with Crippen LogP contribution in [-0.2, 0) is 7.05 Å². The van der Waals surface area contributed by atoms with Gasteiger partial charge in [-0.3, -0.25) is 9.48 Å². The average Bonchev–Trinajstić information content (AvgIpc) is 2.86. The Hall–Kier alpha value is -2.58. The number of rotatable bonds is 3. The van der Waals surface area contributed by atoms with Crippen LogP contribution < -0.4 is 5.32 Å². The number of anilines is 1. The Balaban J connectivity index is 2.11. The molecule has 0 radical (unpaired) electrons. The third-order valence-corrected chi connectivity index (χ3v) is 2.64. The number of nitrogens with zero attached hydrogens (tertiary/aromatic N) is 2. The summed E-state index contributed by atoms with van der Waals surface area (Å²) in [5, 5.41) is 15.4. The van der Waals surface area contributed by atoms with Gasteiger partial charge in [0.05, 0.1) is 6.61 Å². The van der Waals surface area contributed by atoms with Gasteiger partial charge in [-0.05, 0) is 24.3 Å². The van der Waals surface area contributed by atoms with E-state index in [1.165, 1.54) is 4.68 Å². The molecule has 2 aromatic rings. The molecule has 0 spiro atoms. The molecule has 0 unspecified atom stereocenters. The monoisotopic (exact) mass is 269 g/mol. The minimum atomic E-state index is -0.217. The van der Waals surface area contributed by atoms with Crippen LogP contribution >= 0.6 is 0 Å². The van der Waals surface area contributed by atoms with Gasteiger partial charge in [-0.2, -0.15) is 5.10 Å². The summed E-state index contributed by atoms with van der Waals surface area (Å²) < 4.78 is 1.51. The third-order valence-electron chi connectivity index (χ3n) is 2.64. The van der Waals surface area contributed by atoms with Gasteiger partial charge in [0.15, 0.2) is 0 Å². The molecule has 1 aromatic heterocycles. The first-order chi connectivity index (χ1) is 9.70. The Kier molecular flexibility index (Phi) is 4.53. The van der Waals surface area contributed by atoms with Crippen LogP contribution in [0.5, 0.6) is 0 Å². The summed E-state index contributed by atoms with van der Waals surface area (Å²) in [6.45, 7) is 0.0456. The minimum Gasteiger partial charge on any atom is -0.395 e. The first-order valence-corrected chi connectivity index (χ1v) is 6.20. The van der Waals surface area contributed by atoms with E-state index >= 15 is 0 Å². The molecule has 0 aliphatic rings. The third kappa shape index (κ3) is 3.46. The van der Waals surface area contributed by atoms with Crippen molar-refractivity contribution in [1.29, 1.82) is 0 Å². The molecule has 0 atom stereocenters. The lowest BCUT2D eigenvalue weighted by molar-refractivity contribution is 0.101. The quantitative estimate of drug-likeness (QED) is 0.828. The van der Waals surface area contributed by atoms with Crippen molar-refractivity contribution in [2.45, 2.75) is 6.42 Å². The Labute approximate surface area is 117 Å². The van der Waals surface area contributed by atoms with E-state index in [0.717, 1.165) is 5.56 Å². The van der Waals surface area contributed by atoms with Gasteiger partial charge in [0, 0.05) is 30.9 Å². The van der Waals surface area contributed by atoms with Gasteiger partial charge in [0.1, 0.15) is 5.69 Å². The van der Waals surface area contributed by atoms with Crippen LogP contribution in [0.3, 0.4) is 0 Å². The van der Waals surface area contributed by atoms with Crippen LogP contribution in [0, 0.1) is 11.8 Å². The number of carbonyl (C=O) groups is 1. The zero-order valence-corrected chi connectivity index (χ0v) is 11.1. The highest BCUT2D eigenvalue weighted by molar-refractivity contribution is 6.03. The van der Waals surface area contributed by atoms with Gasteiger partial charge in [-0.15, -0.1) is 0 Å². The summed E-state index contributed by atoms with van der Waals surface area (Å²) in [6.07, 6.45) is 2.01. The van der Waals surface area contributed by atoms with Crippen LogP contribution in [0.25, 0.3) is 0 Å². The second-order valence-corrected chi connectivity index (χ2v) is 4.15. The van der Waals surface area contributed by atoms with Gasteiger partial charge in [0.2, 0.25) is 0 Å². The smallest absolute Gasteiger partial charge is 0.273 e. The number of aromatic nitrogens is 2. The maximum atomic E-state index is 12.0. The SMILES string of the molecule is Cn1nccc1C(=O)Nc1cccc(C#CCCO)c1. The van der Waals surface area contributed by atoms with Crippen LogP contribution in [0.15, 0.2) is 36.5 Å². The molecule has 5 nitrogen and oxygen atoms in total. The largest absolute Gasteiger partial charge is 0.395 e. The molecule has 0 bridgehead atoms. The Morgan fingerprint density at radius 1 is 1.45 bits per heavy atom. The van der Waals surface area contributed by atoms with E-state index in [1.54, 1.807) is 31.4 Å². The first kappa shape index (κ1) is 13.8. The van der Waals surface area contributed by atoms with Crippen molar-refractivity contribution in [3.8, 4) is 11.8 Å². The van der Waals surface area contributed by atoms with Crippen molar-refractivity contribution in [2.75, 3.05) is 11.9 Å². The van der Waals surface area contributed by atoms with Crippen molar-refractivity contribution >= 4 is 11.6 Å². The highest BCUT2D eigenvalue weighted by Gasteiger charge is 2.09. The molecule has 20 heavy (non-hydrogen) atoms. The fourth-order valence-corrected chi connectivity index (χ4v) is 1.69. The maximum Gasteiger partial charge on any atom is 0.273 e. The van der Waals surface area contributed by atoms with E-state index < -0.39 is 0 Å². The number of nitrogens with one attached hydrogen (secondary N) is 1. The summed E-state index contributed by atoms with van der Waals surface area (Å²) in [6, 6.07) is 8.91. The molecule has 5 heteroatoms. The molecule has 1 amide bonds. The number of hydrogen-bond donors (Lipinski definition) is 2. The van der Waals surface area contributed by atoms with Crippen molar-refractivity contribution in [1.82, 2.24) is 9.78 Å². The molecule has 0 fully saturated rings. The number of aliphatic hydroxyl groups is 1. The van der Waals surface area contributed by atoms with E-state index in [9.17, 15) is 4.79 Å². The Bertz CT molecular complexity index is 665. The highest BCUT2D eigenvalue weighted by Crippen LogP contribution is 2.11. The van der Waals surface area contributed by atoms with Gasteiger partial charge in [-0.25, -0.2) is 0 Å². The molecule has 2 rings (SSSR count). The minimum absolute atomic E-state index is 0.0456. The number of benzene rings is 1. The maximum absolute atomic E-state index is 12.0. The second-order valence-electron chi connectivity index (χ2n) is 4.15. The van der Waals surface area contributed by atoms with Gasteiger partial charge in [-0.1, -0.05) is 17.9 Å². The van der Waals surface area contributed by atoms with Crippen LogP contribution in [0.4, 0.5) is 5.69 Å². The molecular weight excluding hydrogens is 254 g/mol. The van der Waals surface area contributed by atoms with Crippen molar-refractivity contribution in [2.24, 2.45) is 7.05 Å². The normalized spacial score (nSPS) is 9.70. The number of carbonyl (C=O) groups excluding carboxylic acids is 1. The van der Waals surface area contributed by atoms with Crippen LogP contribution in [-0.4, -0.2) is 27.4 Å². The van der Waals surface area contributed by atoms with Crippen molar-refractivity contribution in [3.63, 3.8) is 0 Å². The summed E-state index contributed by atoms with van der Waals surface area (Å²) in [4.78, 5) is 12.0. The summed E-state index contributed by atoms with van der Waals surface area (Å²) in [7, 11) is 1.71. The lowest BCUT2D eigenvalue weighted by Crippen LogP contribution is -2.16. The standard InChI is InChI=1S/C15H15N3O2/c1-18-14(8-9-16-18)15(20)17-13-7-4-6-12(11-13)5-2-3-10-19/h4,6-9,11,19H,3,10H2,1H3,(H,17,20). The van der Waals surface area contributed by atoms with Crippen LogP contribution in [0.2, 0.25) is 0 Å². The molecule has 0 aliphatic carbocycles. The van der Waals surface area contributed by atoms with Gasteiger partial charge < -0.3 is 10.4 Å². The molecule has 0 saturated heterocycles. The summed E-state index contributed by atoms with van der Waals surface area (Å²) in [5.41, 5.74) is 1.95. The predicted molar refractivity (Wildman–Crippen MR) is 76.2 cm³/mol. The predicted octanol–water partition coefficient (Wildman–Crippen LogP) is 1.41. The molecule has 2 N–H and O–H groups in total. The van der Waals surface area contributed by atoms with Gasteiger partial charge in [0.25, 0.3) is 5.91 Å². The number of amides is 1. The van der Waals surface area contributed by atoms with Crippen LogP contribution in [0.1, 0.15) is 22.5 Å². The molecule has 1 heterocycles. The topological polar surface area (TPSA) is 67.2 Å². The molecule has 0 saturated carbocycles. The molecule has 102 valence electrons. The Morgan fingerprint density at radius 3 is 3.00 bits per heavy atom. The summed E-state index contributed by atoms with van der Waals surface area (Å²) in [5.74, 6) is 5.55. The second kappa shape index (κ2) is 6.55. The highest BCUT2D eigenvalue weighted by atomic mass is 16.2.